The maximum absolute atomic E-state index is 5.94. The van der Waals surface area contributed by atoms with Crippen molar-refractivity contribution in [2.45, 2.75) is 25.8 Å². The van der Waals surface area contributed by atoms with Crippen LogP contribution < -0.4 is 15.2 Å². The summed E-state index contributed by atoms with van der Waals surface area (Å²) in [6.07, 6.45) is 2.23. The van der Waals surface area contributed by atoms with Gasteiger partial charge in [-0.1, -0.05) is 18.5 Å². The molecular formula is C10H16ClN3O2. The Hall–Kier alpha value is -1.07. The Morgan fingerprint density at radius 2 is 2.25 bits per heavy atom. The van der Waals surface area contributed by atoms with Crippen LogP contribution in [0.2, 0.25) is 5.02 Å². The summed E-state index contributed by atoms with van der Waals surface area (Å²) in [5, 5.41) is 0.340. The standard InChI is InChI=1S/C10H16ClN3O2/c1-4-10(2,12)6-16-8-7(11)5-13-9(14-8)15-3/h5H,4,6,12H2,1-3H3. The number of aromatic nitrogens is 2. The van der Waals surface area contributed by atoms with Crippen molar-refractivity contribution in [3.8, 4) is 11.9 Å². The minimum absolute atomic E-state index is 0.217. The lowest BCUT2D eigenvalue weighted by Gasteiger charge is -2.22. The van der Waals surface area contributed by atoms with Crippen LogP contribution in [0.1, 0.15) is 20.3 Å². The van der Waals surface area contributed by atoms with Gasteiger partial charge in [-0.3, -0.25) is 0 Å². The van der Waals surface area contributed by atoms with E-state index in [4.69, 9.17) is 26.8 Å². The van der Waals surface area contributed by atoms with E-state index < -0.39 is 5.54 Å². The van der Waals surface area contributed by atoms with Crippen LogP contribution in [0.5, 0.6) is 11.9 Å². The Labute approximate surface area is 99.9 Å². The number of methoxy groups -OCH3 is 1. The molecule has 1 atom stereocenters. The van der Waals surface area contributed by atoms with Crippen molar-refractivity contribution < 1.29 is 9.47 Å². The van der Waals surface area contributed by atoms with E-state index in [1.54, 1.807) is 0 Å². The highest BCUT2D eigenvalue weighted by molar-refractivity contribution is 6.31. The van der Waals surface area contributed by atoms with Gasteiger partial charge in [0.25, 0.3) is 0 Å². The molecule has 1 aromatic rings. The number of hydrogen-bond acceptors (Lipinski definition) is 5. The van der Waals surface area contributed by atoms with E-state index in [2.05, 4.69) is 9.97 Å². The molecule has 0 aliphatic rings. The second-order valence-electron chi connectivity index (χ2n) is 3.81. The third kappa shape index (κ3) is 3.50. The van der Waals surface area contributed by atoms with E-state index in [9.17, 15) is 0 Å². The van der Waals surface area contributed by atoms with Crippen LogP contribution in [-0.2, 0) is 0 Å². The molecule has 16 heavy (non-hydrogen) atoms. The van der Waals surface area contributed by atoms with E-state index in [1.165, 1.54) is 13.3 Å². The maximum atomic E-state index is 5.94. The van der Waals surface area contributed by atoms with Crippen molar-refractivity contribution in [1.29, 1.82) is 0 Å². The molecular weight excluding hydrogens is 230 g/mol. The lowest BCUT2D eigenvalue weighted by molar-refractivity contribution is 0.215. The van der Waals surface area contributed by atoms with Crippen molar-refractivity contribution in [2.24, 2.45) is 5.73 Å². The minimum atomic E-state index is -0.401. The highest BCUT2D eigenvalue weighted by Crippen LogP contribution is 2.23. The van der Waals surface area contributed by atoms with Crippen molar-refractivity contribution in [3.05, 3.63) is 11.2 Å². The molecule has 1 rings (SSSR count). The van der Waals surface area contributed by atoms with Crippen molar-refractivity contribution in [2.75, 3.05) is 13.7 Å². The third-order valence-electron chi connectivity index (χ3n) is 2.22. The number of hydrogen-bond donors (Lipinski definition) is 1. The zero-order chi connectivity index (χ0) is 12.2. The Morgan fingerprint density at radius 3 is 2.81 bits per heavy atom. The van der Waals surface area contributed by atoms with Crippen LogP contribution in [0.15, 0.2) is 6.20 Å². The van der Waals surface area contributed by atoms with E-state index in [0.29, 0.717) is 17.5 Å². The molecule has 0 aliphatic carbocycles. The zero-order valence-corrected chi connectivity index (χ0v) is 10.4. The zero-order valence-electron chi connectivity index (χ0n) is 9.66. The Bertz CT molecular complexity index is 358. The quantitative estimate of drug-likeness (QED) is 0.854. The van der Waals surface area contributed by atoms with Gasteiger partial charge in [0.05, 0.1) is 13.3 Å². The molecule has 0 aliphatic heterocycles. The van der Waals surface area contributed by atoms with Crippen LogP contribution >= 0.6 is 11.6 Å². The summed E-state index contributed by atoms with van der Waals surface area (Å²) in [5.41, 5.74) is 5.54. The van der Waals surface area contributed by atoms with Gasteiger partial charge in [-0.2, -0.15) is 4.98 Å². The normalized spacial score (nSPS) is 14.3. The summed E-state index contributed by atoms with van der Waals surface area (Å²) in [4.78, 5) is 7.83. The van der Waals surface area contributed by atoms with Gasteiger partial charge < -0.3 is 15.2 Å². The lowest BCUT2D eigenvalue weighted by atomic mass is 10.0. The molecule has 0 spiro atoms. The highest BCUT2D eigenvalue weighted by Gasteiger charge is 2.18. The summed E-state index contributed by atoms with van der Waals surface area (Å²) >= 11 is 5.88. The van der Waals surface area contributed by atoms with E-state index in [1.807, 2.05) is 13.8 Å². The third-order valence-corrected chi connectivity index (χ3v) is 2.48. The highest BCUT2D eigenvalue weighted by atomic mass is 35.5. The molecule has 1 unspecified atom stereocenters. The van der Waals surface area contributed by atoms with Gasteiger partial charge in [0.1, 0.15) is 11.6 Å². The van der Waals surface area contributed by atoms with E-state index >= 15 is 0 Å². The fraction of sp³-hybridized carbons (Fsp3) is 0.600. The monoisotopic (exact) mass is 245 g/mol. The molecule has 6 heteroatoms. The molecule has 0 saturated carbocycles. The molecule has 0 radical (unpaired) electrons. The summed E-state index contributed by atoms with van der Waals surface area (Å²) in [5.74, 6) is 0.290. The molecule has 0 bridgehead atoms. The molecule has 1 heterocycles. The summed E-state index contributed by atoms with van der Waals surface area (Å²) in [7, 11) is 1.48. The molecule has 5 nitrogen and oxygen atoms in total. The molecule has 0 amide bonds. The largest absolute Gasteiger partial charge is 0.475 e. The fourth-order valence-corrected chi connectivity index (χ4v) is 1.02. The first kappa shape index (κ1) is 13.0. The summed E-state index contributed by atoms with van der Waals surface area (Å²) in [6, 6.07) is 0.217. The van der Waals surface area contributed by atoms with Gasteiger partial charge in [0, 0.05) is 5.54 Å². The molecule has 0 fully saturated rings. The lowest BCUT2D eigenvalue weighted by Crippen LogP contribution is -2.41. The number of nitrogens with zero attached hydrogens (tertiary/aromatic N) is 2. The first-order valence-corrected chi connectivity index (χ1v) is 5.34. The second kappa shape index (κ2) is 5.32. The summed E-state index contributed by atoms with van der Waals surface area (Å²) < 4.78 is 10.3. The van der Waals surface area contributed by atoms with Gasteiger partial charge in [0.15, 0.2) is 0 Å². The molecule has 2 N–H and O–H groups in total. The van der Waals surface area contributed by atoms with Crippen LogP contribution in [0.4, 0.5) is 0 Å². The number of ether oxygens (including phenoxy) is 2. The van der Waals surface area contributed by atoms with E-state index in [0.717, 1.165) is 6.42 Å². The van der Waals surface area contributed by atoms with Gasteiger partial charge in [0.2, 0.25) is 5.88 Å². The topological polar surface area (TPSA) is 70.3 Å². The van der Waals surface area contributed by atoms with Gasteiger partial charge in [-0.25, -0.2) is 4.98 Å². The van der Waals surface area contributed by atoms with Crippen molar-refractivity contribution in [3.63, 3.8) is 0 Å². The first-order chi connectivity index (χ1) is 7.48. The second-order valence-corrected chi connectivity index (χ2v) is 4.21. The van der Waals surface area contributed by atoms with Crippen LogP contribution in [0, 0.1) is 0 Å². The van der Waals surface area contributed by atoms with Crippen LogP contribution in [0.3, 0.4) is 0 Å². The minimum Gasteiger partial charge on any atom is -0.475 e. The Balaban J connectivity index is 2.73. The molecule has 0 aromatic carbocycles. The van der Waals surface area contributed by atoms with Crippen LogP contribution in [-0.4, -0.2) is 29.2 Å². The number of rotatable bonds is 5. The number of nitrogens with two attached hydrogens (primary N) is 1. The number of halogens is 1. The molecule has 0 saturated heterocycles. The summed E-state index contributed by atoms with van der Waals surface area (Å²) in [6.45, 7) is 4.23. The van der Waals surface area contributed by atoms with Crippen molar-refractivity contribution in [1.82, 2.24) is 9.97 Å². The Morgan fingerprint density at radius 1 is 1.56 bits per heavy atom. The van der Waals surface area contributed by atoms with Gasteiger partial charge in [-0.15, -0.1) is 0 Å². The average Bonchev–Trinajstić information content (AvgIpc) is 2.28. The maximum Gasteiger partial charge on any atom is 0.319 e. The SMILES string of the molecule is CCC(C)(N)COc1nc(OC)ncc1Cl. The molecule has 90 valence electrons. The smallest absolute Gasteiger partial charge is 0.319 e. The van der Waals surface area contributed by atoms with Crippen molar-refractivity contribution >= 4 is 11.6 Å². The van der Waals surface area contributed by atoms with E-state index in [-0.39, 0.29) is 6.01 Å². The Kier molecular flexibility index (Phi) is 4.32. The van der Waals surface area contributed by atoms with Gasteiger partial charge in [-0.05, 0) is 13.3 Å². The molecule has 1 aromatic heterocycles. The fourth-order valence-electron chi connectivity index (χ4n) is 0.871. The predicted molar refractivity (Wildman–Crippen MR) is 62.0 cm³/mol. The van der Waals surface area contributed by atoms with Gasteiger partial charge >= 0.3 is 6.01 Å². The van der Waals surface area contributed by atoms with Crippen LogP contribution in [0.25, 0.3) is 0 Å². The average molecular weight is 246 g/mol. The first-order valence-electron chi connectivity index (χ1n) is 4.96. The predicted octanol–water partition coefficient (Wildman–Crippen LogP) is 1.64.